The van der Waals surface area contributed by atoms with Gasteiger partial charge in [0.05, 0.1) is 0 Å². The molecule has 5 heteroatoms. The Hall–Kier alpha value is -0.490. The second kappa shape index (κ2) is 8.08. The molecule has 1 aliphatic rings. The average Bonchev–Trinajstić information content (AvgIpc) is 3.20. The quantitative estimate of drug-likeness (QED) is 0.445. The van der Waals surface area contributed by atoms with Crippen molar-refractivity contribution in [1.82, 2.24) is 10.6 Å². The fraction of sp³-hybridized carbons (Fsp3) is 0.533. The van der Waals surface area contributed by atoms with Crippen LogP contribution < -0.4 is 10.6 Å². The first-order valence-corrected chi connectivity index (χ1v) is 7.28. The van der Waals surface area contributed by atoms with Crippen molar-refractivity contribution in [2.24, 2.45) is 4.99 Å². The molecule has 1 aromatic rings. The maximum absolute atomic E-state index is 6.08. The van der Waals surface area contributed by atoms with Gasteiger partial charge >= 0.3 is 0 Å². The van der Waals surface area contributed by atoms with Gasteiger partial charge in [-0.05, 0) is 37.0 Å². The number of guanidine groups is 1. The Balaban J connectivity index is 0.00000200. The smallest absolute Gasteiger partial charge is 0.191 e. The number of halogens is 2. The maximum Gasteiger partial charge on any atom is 0.191 e. The summed E-state index contributed by atoms with van der Waals surface area (Å²) in [5, 5.41) is 7.53. The number of aliphatic imine (C=N–C) groups is 1. The van der Waals surface area contributed by atoms with Crippen LogP contribution in [0, 0.1) is 0 Å². The van der Waals surface area contributed by atoms with E-state index < -0.39 is 0 Å². The zero-order valence-corrected chi connectivity index (χ0v) is 15.2. The summed E-state index contributed by atoms with van der Waals surface area (Å²) < 4.78 is 0. The van der Waals surface area contributed by atoms with E-state index in [1.165, 1.54) is 18.4 Å². The van der Waals surface area contributed by atoms with E-state index in [1.807, 2.05) is 19.2 Å². The lowest BCUT2D eigenvalue weighted by atomic mass is 9.96. The summed E-state index contributed by atoms with van der Waals surface area (Å²) in [6.45, 7) is 4.01. The van der Waals surface area contributed by atoms with Gasteiger partial charge in [0.2, 0.25) is 0 Å². The van der Waals surface area contributed by atoms with E-state index in [9.17, 15) is 0 Å². The van der Waals surface area contributed by atoms with Gasteiger partial charge in [-0.3, -0.25) is 4.99 Å². The molecule has 0 spiro atoms. The van der Waals surface area contributed by atoms with Crippen molar-refractivity contribution in [1.29, 1.82) is 0 Å². The van der Waals surface area contributed by atoms with Crippen molar-refractivity contribution in [2.75, 3.05) is 20.1 Å². The number of benzene rings is 1. The minimum Gasteiger partial charge on any atom is -0.356 e. The van der Waals surface area contributed by atoms with Gasteiger partial charge in [0.25, 0.3) is 0 Å². The molecule has 0 unspecified atom stereocenters. The predicted octanol–water partition coefficient (Wildman–Crippen LogP) is 3.56. The minimum absolute atomic E-state index is 0. The molecule has 2 N–H and O–H groups in total. The Morgan fingerprint density at radius 2 is 2.10 bits per heavy atom. The van der Waals surface area contributed by atoms with Crippen molar-refractivity contribution in [3.63, 3.8) is 0 Å². The molecular formula is C15H23ClIN3. The van der Waals surface area contributed by atoms with Crippen molar-refractivity contribution >= 4 is 41.5 Å². The zero-order valence-electron chi connectivity index (χ0n) is 12.1. The van der Waals surface area contributed by atoms with E-state index in [0.29, 0.717) is 0 Å². The highest BCUT2D eigenvalue weighted by atomic mass is 127. The molecule has 0 heterocycles. The molecule has 1 saturated carbocycles. The minimum atomic E-state index is 0. The van der Waals surface area contributed by atoms with Crippen LogP contribution in [0.25, 0.3) is 0 Å². The summed E-state index contributed by atoms with van der Waals surface area (Å²) in [4.78, 5) is 4.24. The highest BCUT2D eigenvalue weighted by Crippen LogP contribution is 2.48. The molecule has 1 fully saturated rings. The third-order valence-corrected chi connectivity index (χ3v) is 3.89. The normalized spacial score (nSPS) is 16.2. The van der Waals surface area contributed by atoms with Gasteiger partial charge in [-0.15, -0.1) is 24.0 Å². The van der Waals surface area contributed by atoms with Crippen LogP contribution in [0.15, 0.2) is 29.3 Å². The van der Waals surface area contributed by atoms with Gasteiger partial charge < -0.3 is 10.6 Å². The summed E-state index contributed by atoms with van der Waals surface area (Å²) >= 11 is 6.08. The Labute approximate surface area is 143 Å². The fourth-order valence-corrected chi connectivity index (χ4v) is 2.44. The maximum atomic E-state index is 6.08. The van der Waals surface area contributed by atoms with Gasteiger partial charge in [-0.25, -0.2) is 0 Å². The van der Waals surface area contributed by atoms with Crippen LogP contribution in [-0.4, -0.2) is 26.1 Å². The molecule has 0 bridgehead atoms. The summed E-state index contributed by atoms with van der Waals surface area (Å²) in [5.74, 6) is 0.884. The first-order valence-electron chi connectivity index (χ1n) is 6.91. The topological polar surface area (TPSA) is 36.4 Å². The zero-order chi connectivity index (χ0) is 13.7. The average molecular weight is 408 g/mol. The second-order valence-corrected chi connectivity index (χ2v) is 5.58. The highest BCUT2D eigenvalue weighted by Gasteiger charge is 2.44. The van der Waals surface area contributed by atoms with Crippen molar-refractivity contribution in [3.8, 4) is 0 Å². The third kappa shape index (κ3) is 4.52. The molecule has 0 aliphatic heterocycles. The Morgan fingerprint density at radius 1 is 1.35 bits per heavy atom. The summed E-state index contributed by atoms with van der Waals surface area (Å²) in [6.07, 6.45) is 3.52. The first kappa shape index (κ1) is 17.6. The van der Waals surface area contributed by atoms with Crippen LogP contribution in [0.4, 0.5) is 0 Å². The van der Waals surface area contributed by atoms with Gasteiger partial charge in [0.1, 0.15) is 0 Å². The fourth-order valence-electron chi connectivity index (χ4n) is 2.25. The largest absolute Gasteiger partial charge is 0.356 e. The van der Waals surface area contributed by atoms with Crippen LogP contribution in [-0.2, 0) is 5.41 Å². The standard InChI is InChI=1S/C15H22ClN3.HI/c1-3-9-18-14(17-2)19-11-15(7-8-15)12-5-4-6-13(16)10-12;/h4-6,10H,3,7-9,11H2,1-2H3,(H2,17,18,19);1H. The molecule has 0 radical (unpaired) electrons. The van der Waals surface area contributed by atoms with E-state index in [4.69, 9.17) is 11.6 Å². The van der Waals surface area contributed by atoms with Crippen LogP contribution >= 0.6 is 35.6 Å². The molecule has 20 heavy (non-hydrogen) atoms. The van der Waals surface area contributed by atoms with Crippen LogP contribution in [0.2, 0.25) is 5.02 Å². The van der Waals surface area contributed by atoms with E-state index in [0.717, 1.165) is 30.5 Å². The first-order chi connectivity index (χ1) is 9.20. The van der Waals surface area contributed by atoms with Crippen LogP contribution in [0.5, 0.6) is 0 Å². The van der Waals surface area contributed by atoms with E-state index >= 15 is 0 Å². The summed E-state index contributed by atoms with van der Waals surface area (Å²) in [7, 11) is 1.81. The molecule has 112 valence electrons. The molecule has 1 aromatic carbocycles. The molecule has 2 rings (SSSR count). The predicted molar refractivity (Wildman–Crippen MR) is 97.4 cm³/mol. The third-order valence-electron chi connectivity index (χ3n) is 3.65. The lowest BCUT2D eigenvalue weighted by Gasteiger charge is -2.19. The molecule has 0 atom stereocenters. The van der Waals surface area contributed by atoms with Gasteiger partial charge in [0, 0.05) is 30.6 Å². The van der Waals surface area contributed by atoms with Crippen LogP contribution in [0.1, 0.15) is 31.7 Å². The highest BCUT2D eigenvalue weighted by molar-refractivity contribution is 14.0. The molecular weight excluding hydrogens is 385 g/mol. The Morgan fingerprint density at radius 3 is 2.65 bits per heavy atom. The van der Waals surface area contributed by atoms with Crippen LogP contribution in [0.3, 0.4) is 0 Å². The Bertz CT molecular complexity index is 458. The Kier molecular flexibility index (Phi) is 7.09. The van der Waals surface area contributed by atoms with Crippen molar-refractivity contribution in [3.05, 3.63) is 34.9 Å². The van der Waals surface area contributed by atoms with Gasteiger partial charge in [-0.2, -0.15) is 0 Å². The van der Waals surface area contributed by atoms with Crippen molar-refractivity contribution in [2.45, 2.75) is 31.6 Å². The van der Waals surface area contributed by atoms with E-state index in [-0.39, 0.29) is 29.4 Å². The van der Waals surface area contributed by atoms with E-state index in [1.54, 1.807) is 0 Å². The lowest BCUT2D eigenvalue weighted by molar-refractivity contribution is 0.644. The molecule has 0 aromatic heterocycles. The molecule has 0 amide bonds. The summed E-state index contributed by atoms with van der Waals surface area (Å²) in [6, 6.07) is 8.21. The monoisotopic (exact) mass is 407 g/mol. The molecule has 3 nitrogen and oxygen atoms in total. The molecule has 1 aliphatic carbocycles. The second-order valence-electron chi connectivity index (χ2n) is 5.14. The summed E-state index contributed by atoms with van der Waals surface area (Å²) in [5.41, 5.74) is 1.58. The number of rotatable bonds is 5. The van der Waals surface area contributed by atoms with Gasteiger partial charge in [-0.1, -0.05) is 30.7 Å². The molecule has 0 saturated heterocycles. The van der Waals surface area contributed by atoms with Crippen molar-refractivity contribution < 1.29 is 0 Å². The number of nitrogens with one attached hydrogen (secondary N) is 2. The van der Waals surface area contributed by atoms with E-state index in [2.05, 4.69) is 34.7 Å². The number of hydrogen-bond donors (Lipinski definition) is 2. The SMILES string of the molecule is CCCNC(=NC)NCC1(c2cccc(Cl)c2)CC1.I. The number of hydrogen-bond acceptors (Lipinski definition) is 1. The van der Waals surface area contributed by atoms with Gasteiger partial charge in [0.15, 0.2) is 5.96 Å². The number of nitrogens with zero attached hydrogens (tertiary/aromatic N) is 1. The lowest BCUT2D eigenvalue weighted by Crippen LogP contribution is -2.41.